The van der Waals surface area contributed by atoms with Crippen LogP contribution < -0.4 is 15.4 Å². The van der Waals surface area contributed by atoms with Crippen molar-refractivity contribution in [3.8, 4) is 5.75 Å². The van der Waals surface area contributed by atoms with Gasteiger partial charge in [-0.3, -0.25) is 9.79 Å². The van der Waals surface area contributed by atoms with Crippen LogP contribution in [0, 0.1) is 0 Å². The molecule has 0 aliphatic heterocycles. The maximum atomic E-state index is 12.0. The predicted octanol–water partition coefficient (Wildman–Crippen LogP) is 2.15. The van der Waals surface area contributed by atoms with Crippen molar-refractivity contribution in [3.63, 3.8) is 0 Å². The molecule has 2 rings (SSSR count). The highest BCUT2D eigenvalue weighted by Crippen LogP contribution is 2.17. The summed E-state index contributed by atoms with van der Waals surface area (Å²) in [6, 6.07) is 8.36. The van der Waals surface area contributed by atoms with Crippen molar-refractivity contribution in [2.24, 2.45) is 4.99 Å². The second kappa shape index (κ2) is 9.91. The second-order valence-electron chi connectivity index (χ2n) is 6.48. The fourth-order valence-electron chi connectivity index (χ4n) is 3.12. The fourth-order valence-corrected chi connectivity index (χ4v) is 3.12. The van der Waals surface area contributed by atoms with Crippen LogP contribution in [0.5, 0.6) is 5.75 Å². The summed E-state index contributed by atoms with van der Waals surface area (Å²) in [5.41, 5.74) is 1.17. The monoisotopic (exact) mass is 346 g/mol. The molecule has 0 bridgehead atoms. The van der Waals surface area contributed by atoms with E-state index >= 15 is 0 Å². The van der Waals surface area contributed by atoms with E-state index < -0.39 is 0 Å². The van der Waals surface area contributed by atoms with Crippen LogP contribution in [-0.2, 0) is 11.3 Å². The van der Waals surface area contributed by atoms with Crippen LogP contribution in [0.15, 0.2) is 29.3 Å². The predicted molar refractivity (Wildman–Crippen MR) is 101 cm³/mol. The third kappa shape index (κ3) is 6.29. The van der Waals surface area contributed by atoms with Crippen LogP contribution >= 0.6 is 0 Å². The Labute approximate surface area is 150 Å². The Morgan fingerprint density at radius 3 is 2.56 bits per heavy atom. The minimum Gasteiger partial charge on any atom is -0.497 e. The van der Waals surface area contributed by atoms with Gasteiger partial charge in [-0.25, -0.2) is 0 Å². The van der Waals surface area contributed by atoms with Crippen LogP contribution in [0.3, 0.4) is 0 Å². The average Bonchev–Trinajstić information content (AvgIpc) is 3.12. The molecule has 0 unspecified atom stereocenters. The van der Waals surface area contributed by atoms with Gasteiger partial charge in [-0.05, 0) is 30.5 Å². The van der Waals surface area contributed by atoms with Gasteiger partial charge in [0.25, 0.3) is 0 Å². The summed E-state index contributed by atoms with van der Waals surface area (Å²) >= 11 is 0. The van der Waals surface area contributed by atoms with Crippen LogP contribution in [-0.4, -0.2) is 50.6 Å². The summed E-state index contributed by atoms with van der Waals surface area (Å²) < 4.78 is 5.18. The molecule has 138 valence electrons. The number of nitrogens with one attached hydrogen (secondary N) is 2. The number of benzene rings is 1. The van der Waals surface area contributed by atoms with E-state index in [1.165, 1.54) is 18.4 Å². The zero-order chi connectivity index (χ0) is 18.1. The third-order valence-corrected chi connectivity index (χ3v) is 4.51. The number of rotatable bonds is 7. The zero-order valence-electron chi connectivity index (χ0n) is 15.5. The van der Waals surface area contributed by atoms with Crippen LogP contribution in [0.25, 0.3) is 0 Å². The van der Waals surface area contributed by atoms with E-state index in [2.05, 4.69) is 15.6 Å². The van der Waals surface area contributed by atoms with Crippen LogP contribution in [0.1, 0.15) is 37.7 Å². The highest BCUT2D eigenvalue weighted by molar-refractivity contribution is 5.81. The Bertz CT molecular complexity index is 565. The standard InChI is InChI=1S/C19H30N4O2/c1-20-19(21-13-12-18(24)22-16-6-4-5-7-16)23(2)14-15-8-10-17(25-3)11-9-15/h8-11,16H,4-7,12-14H2,1-3H3,(H,20,21)(H,22,24). The molecule has 1 aromatic rings. The van der Waals surface area contributed by atoms with E-state index in [-0.39, 0.29) is 5.91 Å². The topological polar surface area (TPSA) is 66.0 Å². The van der Waals surface area contributed by atoms with E-state index in [1.54, 1.807) is 14.2 Å². The van der Waals surface area contributed by atoms with E-state index in [0.717, 1.165) is 31.1 Å². The SMILES string of the molecule is CN=C(NCCC(=O)NC1CCCC1)N(C)Cc1ccc(OC)cc1. The summed E-state index contributed by atoms with van der Waals surface area (Å²) in [6.07, 6.45) is 5.15. The fraction of sp³-hybridized carbons (Fsp3) is 0.579. The lowest BCUT2D eigenvalue weighted by atomic mass is 10.2. The first-order chi connectivity index (χ1) is 12.1. The number of aliphatic imine (C=N–C) groups is 1. The van der Waals surface area contributed by atoms with E-state index in [4.69, 9.17) is 4.74 Å². The Balaban J connectivity index is 1.73. The zero-order valence-corrected chi connectivity index (χ0v) is 15.5. The molecule has 1 aromatic carbocycles. The van der Waals surface area contributed by atoms with Gasteiger partial charge in [-0.1, -0.05) is 25.0 Å². The first-order valence-electron chi connectivity index (χ1n) is 8.96. The van der Waals surface area contributed by atoms with E-state index in [0.29, 0.717) is 19.0 Å². The molecule has 0 aromatic heterocycles. The molecule has 0 atom stereocenters. The number of carbonyl (C=O) groups excluding carboxylic acids is 1. The maximum Gasteiger partial charge on any atom is 0.221 e. The first-order valence-corrected chi connectivity index (χ1v) is 8.96. The number of ether oxygens (including phenoxy) is 1. The molecule has 1 amide bonds. The van der Waals surface area contributed by atoms with Gasteiger partial charge in [0.05, 0.1) is 7.11 Å². The van der Waals surface area contributed by atoms with Gasteiger partial charge in [0, 0.05) is 39.6 Å². The molecule has 0 radical (unpaired) electrons. The Hall–Kier alpha value is -2.24. The van der Waals surface area contributed by atoms with Crippen molar-refractivity contribution in [1.29, 1.82) is 0 Å². The smallest absolute Gasteiger partial charge is 0.221 e. The summed E-state index contributed by atoms with van der Waals surface area (Å²) in [5, 5.41) is 6.36. The van der Waals surface area contributed by atoms with Gasteiger partial charge in [0.1, 0.15) is 5.75 Å². The number of methoxy groups -OCH3 is 1. The number of amides is 1. The molecule has 0 heterocycles. The van der Waals surface area contributed by atoms with Crippen molar-refractivity contribution in [2.75, 3.05) is 27.7 Å². The van der Waals surface area contributed by atoms with Crippen LogP contribution in [0.2, 0.25) is 0 Å². The minimum absolute atomic E-state index is 0.118. The van der Waals surface area contributed by atoms with Gasteiger partial charge in [-0.15, -0.1) is 0 Å². The number of nitrogens with zero attached hydrogens (tertiary/aromatic N) is 2. The molecular weight excluding hydrogens is 316 g/mol. The van der Waals surface area contributed by atoms with Gasteiger partial charge in [0.2, 0.25) is 5.91 Å². The van der Waals surface area contributed by atoms with Gasteiger partial charge >= 0.3 is 0 Å². The number of hydrogen-bond acceptors (Lipinski definition) is 3. The van der Waals surface area contributed by atoms with Crippen molar-refractivity contribution >= 4 is 11.9 Å². The summed E-state index contributed by atoms with van der Waals surface area (Å²) in [7, 11) is 5.40. The highest BCUT2D eigenvalue weighted by atomic mass is 16.5. The van der Waals surface area contributed by atoms with Gasteiger partial charge < -0.3 is 20.3 Å². The molecule has 6 heteroatoms. The third-order valence-electron chi connectivity index (χ3n) is 4.51. The maximum absolute atomic E-state index is 12.0. The largest absolute Gasteiger partial charge is 0.497 e. The lowest BCUT2D eigenvalue weighted by Crippen LogP contribution is -2.41. The average molecular weight is 346 g/mol. The molecule has 25 heavy (non-hydrogen) atoms. The van der Waals surface area contributed by atoms with Crippen molar-refractivity contribution in [1.82, 2.24) is 15.5 Å². The summed E-state index contributed by atoms with van der Waals surface area (Å²) in [4.78, 5) is 18.3. The van der Waals surface area contributed by atoms with Gasteiger partial charge in [0.15, 0.2) is 5.96 Å². The van der Waals surface area contributed by atoms with Crippen molar-refractivity contribution in [3.05, 3.63) is 29.8 Å². The molecule has 0 saturated heterocycles. The molecule has 2 N–H and O–H groups in total. The second-order valence-corrected chi connectivity index (χ2v) is 6.48. The molecular formula is C19H30N4O2. The van der Waals surface area contributed by atoms with E-state index in [9.17, 15) is 4.79 Å². The quantitative estimate of drug-likeness (QED) is 0.586. The summed E-state index contributed by atoms with van der Waals surface area (Å²) in [6.45, 7) is 1.32. The molecule has 6 nitrogen and oxygen atoms in total. The number of carbonyl (C=O) groups is 1. The molecule has 1 saturated carbocycles. The summed E-state index contributed by atoms with van der Waals surface area (Å²) in [5.74, 6) is 1.75. The number of guanidine groups is 1. The normalized spacial score (nSPS) is 15.1. The highest BCUT2D eigenvalue weighted by Gasteiger charge is 2.16. The van der Waals surface area contributed by atoms with E-state index in [1.807, 2.05) is 36.2 Å². The molecule has 1 fully saturated rings. The first kappa shape index (κ1) is 19.1. The molecule has 0 spiro atoms. The lowest BCUT2D eigenvalue weighted by molar-refractivity contribution is -0.121. The Kier molecular flexibility index (Phi) is 7.57. The van der Waals surface area contributed by atoms with Crippen LogP contribution in [0.4, 0.5) is 0 Å². The van der Waals surface area contributed by atoms with Gasteiger partial charge in [-0.2, -0.15) is 0 Å². The van der Waals surface area contributed by atoms with Crippen molar-refractivity contribution in [2.45, 2.75) is 44.7 Å². The Morgan fingerprint density at radius 1 is 1.28 bits per heavy atom. The number of hydrogen-bond donors (Lipinski definition) is 2. The van der Waals surface area contributed by atoms with Crippen molar-refractivity contribution < 1.29 is 9.53 Å². The lowest BCUT2D eigenvalue weighted by Gasteiger charge is -2.22. The Morgan fingerprint density at radius 2 is 1.96 bits per heavy atom. The minimum atomic E-state index is 0.118. The molecule has 1 aliphatic rings. The molecule has 1 aliphatic carbocycles.